The maximum atomic E-state index is 9.52. The van der Waals surface area contributed by atoms with Gasteiger partial charge in [-0.1, -0.05) is 0 Å². The van der Waals surface area contributed by atoms with Crippen LogP contribution in [0, 0.1) is 0 Å². The summed E-state index contributed by atoms with van der Waals surface area (Å²) in [5, 5.41) is 12.7. The molecule has 1 heterocycles. The van der Waals surface area contributed by atoms with Crippen LogP contribution in [0.25, 0.3) is 0 Å². The Labute approximate surface area is 98.5 Å². The van der Waals surface area contributed by atoms with Gasteiger partial charge in [-0.2, -0.15) is 0 Å². The van der Waals surface area contributed by atoms with Crippen molar-refractivity contribution in [2.75, 3.05) is 13.1 Å². The second-order valence-electron chi connectivity index (χ2n) is 2.95. The first-order chi connectivity index (χ1) is 6.68. The fourth-order valence-electron chi connectivity index (χ4n) is 1.29. The van der Waals surface area contributed by atoms with Crippen molar-refractivity contribution >= 4 is 37.7 Å². The molecule has 0 unspecified atom stereocenters. The normalized spacial score (nSPS) is 15.1. The summed E-state index contributed by atoms with van der Waals surface area (Å²) < 4.78 is 1.33. The van der Waals surface area contributed by atoms with Crippen LogP contribution in [-0.4, -0.2) is 24.0 Å². The van der Waals surface area contributed by atoms with Crippen LogP contribution in [0.15, 0.2) is 26.1 Å². The van der Waals surface area contributed by atoms with Gasteiger partial charge in [0.15, 0.2) is 0 Å². The Balaban J connectivity index is 2.45. The average molecular weight is 320 g/mol. The molecule has 1 aromatic rings. The zero-order chi connectivity index (χ0) is 10.1. The van der Waals surface area contributed by atoms with Crippen LogP contribution in [0.2, 0.25) is 0 Å². The van der Waals surface area contributed by atoms with Crippen LogP contribution in [-0.2, 0) is 0 Å². The molecular formula is C9H8Br2N2O. The molecule has 0 amide bonds. The van der Waals surface area contributed by atoms with Gasteiger partial charge in [-0.25, -0.2) is 0 Å². The van der Waals surface area contributed by atoms with Crippen LogP contribution in [0.4, 0.5) is 0 Å². The van der Waals surface area contributed by atoms with Crippen molar-refractivity contribution in [3.05, 3.63) is 26.6 Å². The minimum absolute atomic E-state index is 0.215. The summed E-state index contributed by atoms with van der Waals surface area (Å²) in [6.07, 6.45) is 0. The molecule has 0 radical (unpaired) electrons. The molecule has 0 aromatic heterocycles. The van der Waals surface area contributed by atoms with Gasteiger partial charge < -0.3 is 10.4 Å². The number of rotatable bonds is 1. The van der Waals surface area contributed by atoms with Gasteiger partial charge in [0.25, 0.3) is 0 Å². The van der Waals surface area contributed by atoms with E-state index in [1.807, 2.05) is 12.1 Å². The predicted octanol–water partition coefficient (Wildman–Crippen LogP) is 2.27. The molecule has 2 N–H and O–H groups in total. The first-order valence-electron chi connectivity index (χ1n) is 4.15. The molecule has 0 atom stereocenters. The maximum Gasteiger partial charge on any atom is 0.143 e. The molecule has 2 rings (SSSR count). The van der Waals surface area contributed by atoms with E-state index < -0.39 is 0 Å². The number of halogens is 2. The van der Waals surface area contributed by atoms with E-state index >= 15 is 0 Å². The molecule has 0 aliphatic carbocycles. The van der Waals surface area contributed by atoms with Gasteiger partial charge in [-0.3, -0.25) is 4.99 Å². The maximum absolute atomic E-state index is 9.52. The zero-order valence-electron chi connectivity index (χ0n) is 7.22. The van der Waals surface area contributed by atoms with Crippen LogP contribution in [0.1, 0.15) is 5.56 Å². The van der Waals surface area contributed by atoms with E-state index in [0.717, 1.165) is 24.5 Å². The Morgan fingerprint density at radius 2 is 1.93 bits per heavy atom. The van der Waals surface area contributed by atoms with Gasteiger partial charge in [0.1, 0.15) is 11.6 Å². The number of benzene rings is 1. The number of hydrogen-bond donors (Lipinski definition) is 2. The van der Waals surface area contributed by atoms with Gasteiger partial charge in [-0.05, 0) is 44.0 Å². The lowest BCUT2D eigenvalue weighted by atomic mass is 10.2. The molecular weight excluding hydrogens is 312 g/mol. The molecule has 0 saturated heterocycles. The molecule has 1 aliphatic rings. The van der Waals surface area contributed by atoms with E-state index in [9.17, 15) is 5.11 Å². The van der Waals surface area contributed by atoms with E-state index in [1.165, 1.54) is 0 Å². The Morgan fingerprint density at radius 3 is 2.43 bits per heavy atom. The second kappa shape index (κ2) is 3.90. The minimum atomic E-state index is 0.215. The van der Waals surface area contributed by atoms with Gasteiger partial charge in [-0.15, -0.1) is 0 Å². The Bertz CT molecular complexity index is 381. The lowest BCUT2D eigenvalue weighted by Gasteiger charge is -2.06. The Morgan fingerprint density at radius 1 is 1.29 bits per heavy atom. The summed E-state index contributed by atoms with van der Waals surface area (Å²) in [5.74, 6) is 1.10. The number of nitrogens with one attached hydrogen (secondary N) is 1. The molecule has 74 valence electrons. The monoisotopic (exact) mass is 318 g/mol. The lowest BCUT2D eigenvalue weighted by molar-refractivity contribution is 0.468. The van der Waals surface area contributed by atoms with Gasteiger partial charge in [0.2, 0.25) is 0 Å². The lowest BCUT2D eigenvalue weighted by Crippen LogP contribution is -2.19. The van der Waals surface area contributed by atoms with Crippen molar-refractivity contribution < 1.29 is 5.11 Å². The number of aromatic hydroxyl groups is 1. The standard InChI is InChI=1S/C9H8Br2N2O/c10-6-3-5(4-7(11)8(6)14)9-12-1-2-13-9/h3-4,14H,1-2H2,(H,12,13). The van der Waals surface area contributed by atoms with Crippen LogP contribution in [0.5, 0.6) is 5.75 Å². The van der Waals surface area contributed by atoms with Crippen molar-refractivity contribution in [1.29, 1.82) is 0 Å². The first kappa shape index (κ1) is 9.98. The van der Waals surface area contributed by atoms with Crippen molar-refractivity contribution in [1.82, 2.24) is 5.32 Å². The SMILES string of the molecule is Oc1c(Br)cc(C2=NCCN2)cc1Br. The first-order valence-corrected chi connectivity index (χ1v) is 5.74. The van der Waals surface area contributed by atoms with Crippen molar-refractivity contribution in [2.45, 2.75) is 0 Å². The van der Waals surface area contributed by atoms with Crippen molar-refractivity contribution in [3.8, 4) is 5.75 Å². The Hall–Kier alpha value is -0.550. The highest BCUT2D eigenvalue weighted by atomic mass is 79.9. The average Bonchev–Trinajstić information content (AvgIpc) is 2.66. The number of hydrogen-bond acceptors (Lipinski definition) is 3. The summed E-state index contributed by atoms with van der Waals surface area (Å²) in [5.41, 5.74) is 0.971. The summed E-state index contributed by atoms with van der Waals surface area (Å²) in [7, 11) is 0. The third-order valence-corrected chi connectivity index (χ3v) is 3.17. The van der Waals surface area contributed by atoms with Crippen molar-refractivity contribution in [3.63, 3.8) is 0 Å². The van der Waals surface area contributed by atoms with Crippen LogP contribution in [0.3, 0.4) is 0 Å². The smallest absolute Gasteiger partial charge is 0.143 e. The van der Waals surface area contributed by atoms with Crippen molar-refractivity contribution in [2.24, 2.45) is 4.99 Å². The number of phenolic OH excluding ortho intramolecular Hbond substituents is 1. The highest BCUT2D eigenvalue weighted by Crippen LogP contribution is 2.33. The number of phenols is 1. The third kappa shape index (κ3) is 1.79. The fourth-order valence-corrected chi connectivity index (χ4v) is 2.48. The Kier molecular flexibility index (Phi) is 2.78. The molecule has 3 nitrogen and oxygen atoms in total. The second-order valence-corrected chi connectivity index (χ2v) is 4.65. The summed E-state index contributed by atoms with van der Waals surface area (Å²) in [6.45, 7) is 1.69. The topological polar surface area (TPSA) is 44.6 Å². The summed E-state index contributed by atoms with van der Waals surface area (Å²) in [4.78, 5) is 4.30. The summed E-state index contributed by atoms with van der Waals surface area (Å²) >= 11 is 6.56. The third-order valence-electron chi connectivity index (χ3n) is 1.96. The molecule has 0 spiro atoms. The predicted molar refractivity (Wildman–Crippen MR) is 62.9 cm³/mol. The van der Waals surface area contributed by atoms with Gasteiger partial charge in [0.05, 0.1) is 15.5 Å². The highest BCUT2D eigenvalue weighted by Gasteiger charge is 2.12. The quantitative estimate of drug-likeness (QED) is 0.834. The zero-order valence-corrected chi connectivity index (χ0v) is 10.4. The van der Waals surface area contributed by atoms with E-state index in [-0.39, 0.29) is 5.75 Å². The van der Waals surface area contributed by atoms with Crippen LogP contribution >= 0.6 is 31.9 Å². The largest absolute Gasteiger partial charge is 0.506 e. The van der Waals surface area contributed by atoms with E-state index in [0.29, 0.717) is 8.95 Å². The summed E-state index contributed by atoms with van der Waals surface area (Å²) in [6, 6.07) is 3.69. The molecule has 1 aliphatic heterocycles. The van der Waals surface area contributed by atoms with Gasteiger partial charge in [0, 0.05) is 12.1 Å². The fraction of sp³-hybridized carbons (Fsp3) is 0.222. The van der Waals surface area contributed by atoms with E-state index in [2.05, 4.69) is 42.2 Å². The minimum Gasteiger partial charge on any atom is -0.506 e. The molecule has 5 heteroatoms. The van der Waals surface area contributed by atoms with Crippen LogP contribution < -0.4 is 5.32 Å². The number of nitrogens with zero attached hydrogens (tertiary/aromatic N) is 1. The van der Waals surface area contributed by atoms with Gasteiger partial charge >= 0.3 is 0 Å². The molecule has 0 bridgehead atoms. The number of amidine groups is 1. The van der Waals surface area contributed by atoms with E-state index in [4.69, 9.17) is 0 Å². The molecule has 14 heavy (non-hydrogen) atoms. The molecule has 0 saturated carbocycles. The molecule has 1 aromatic carbocycles. The van der Waals surface area contributed by atoms with E-state index in [1.54, 1.807) is 0 Å². The number of aliphatic imine (C=N–C) groups is 1. The highest BCUT2D eigenvalue weighted by molar-refractivity contribution is 9.11. The molecule has 0 fully saturated rings.